The zero-order valence-electron chi connectivity index (χ0n) is 10.4. The molecular weight excluding hydrogens is 226 g/mol. The summed E-state index contributed by atoms with van der Waals surface area (Å²) in [6.45, 7) is 0.802. The van der Waals surface area contributed by atoms with Gasteiger partial charge in [-0.2, -0.15) is 5.26 Å². The fourth-order valence-electron chi connectivity index (χ4n) is 2.52. The molecular formula is C14H19N3O. The van der Waals surface area contributed by atoms with Gasteiger partial charge in [-0.05, 0) is 37.3 Å². The molecule has 0 spiro atoms. The van der Waals surface area contributed by atoms with Crippen molar-refractivity contribution in [2.75, 3.05) is 17.6 Å². The van der Waals surface area contributed by atoms with Gasteiger partial charge in [-0.1, -0.05) is 12.5 Å². The number of nitrogens with one attached hydrogen (secondary N) is 1. The Balaban J connectivity index is 1.96. The topological polar surface area (TPSA) is 82.1 Å². The Labute approximate surface area is 107 Å². The average molecular weight is 245 g/mol. The molecule has 0 bridgehead atoms. The van der Waals surface area contributed by atoms with Gasteiger partial charge in [0, 0.05) is 6.54 Å². The van der Waals surface area contributed by atoms with Crippen molar-refractivity contribution in [2.45, 2.75) is 31.8 Å². The standard InChI is InChI=1S/C14H19N3O/c15-8-11-4-2-6-13(14(11)16)17-9-10-3-1-5-12(18)7-10/h2,4,6,10,12,17-18H,1,3,5,7,9,16H2. The molecule has 2 atom stereocenters. The molecule has 4 nitrogen and oxygen atoms in total. The van der Waals surface area contributed by atoms with Crippen molar-refractivity contribution in [3.8, 4) is 6.07 Å². The molecule has 2 rings (SSSR count). The predicted molar refractivity (Wildman–Crippen MR) is 72.0 cm³/mol. The maximum absolute atomic E-state index is 9.62. The van der Waals surface area contributed by atoms with E-state index < -0.39 is 0 Å². The molecule has 4 N–H and O–H groups in total. The normalized spacial score (nSPS) is 23.3. The summed E-state index contributed by atoms with van der Waals surface area (Å²) >= 11 is 0. The molecule has 0 saturated heterocycles. The number of benzene rings is 1. The summed E-state index contributed by atoms with van der Waals surface area (Å²) in [4.78, 5) is 0. The minimum absolute atomic E-state index is 0.159. The maximum Gasteiger partial charge on any atom is 0.101 e. The van der Waals surface area contributed by atoms with Gasteiger partial charge in [0.15, 0.2) is 0 Å². The zero-order valence-corrected chi connectivity index (χ0v) is 10.4. The average Bonchev–Trinajstić information content (AvgIpc) is 2.38. The summed E-state index contributed by atoms with van der Waals surface area (Å²) in [5, 5.41) is 21.8. The lowest BCUT2D eigenvalue weighted by atomic mass is 9.87. The first-order valence-electron chi connectivity index (χ1n) is 6.41. The van der Waals surface area contributed by atoms with E-state index in [1.54, 1.807) is 6.07 Å². The van der Waals surface area contributed by atoms with E-state index in [0.717, 1.165) is 37.9 Å². The van der Waals surface area contributed by atoms with Gasteiger partial charge in [-0.15, -0.1) is 0 Å². The molecule has 18 heavy (non-hydrogen) atoms. The Morgan fingerprint density at radius 2 is 2.28 bits per heavy atom. The maximum atomic E-state index is 9.62. The van der Waals surface area contributed by atoms with E-state index in [9.17, 15) is 5.11 Å². The molecule has 1 saturated carbocycles. The van der Waals surface area contributed by atoms with Crippen molar-refractivity contribution in [1.82, 2.24) is 0 Å². The molecule has 96 valence electrons. The van der Waals surface area contributed by atoms with Crippen LogP contribution in [0.25, 0.3) is 0 Å². The van der Waals surface area contributed by atoms with Crippen LogP contribution >= 0.6 is 0 Å². The number of hydrogen-bond donors (Lipinski definition) is 3. The number of rotatable bonds is 3. The van der Waals surface area contributed by atoms with E-state index in [0.29, 0.717) is 17.2 Å². The number of aliphatic hydroxyl groups is 1. The van der Waals surface area contributed by atoms with Crippen molar-refractivity contribution in [2.24, 2.45) is 5.92 Å². The Bertz CT molecular complexity index is 453. The molecule has 4 heteroatoms. The number of nitriles is 1. The highest BCUT2D eigenvalue weighted by Crippen LogP contribution is 2.26. The largest absolute Gasteiger partial charge is 0.396 e. The highest BCUT2D eigenvalue weighted by atomic mass is 16.3. The SMILES string of the molecule is N#Cc1cccc(NCC2CCCC(O)C2)c1N. The second kappa shape index (κ2) is 5.74. The monoisotopic (exact) mass is 245 g/mol. The van der Waals surface area contributed by atoms with Gasteiger partial charge in [0.25, 0.3) is 0 Å². The molecule has 0 aromatic heterocycles. The second-order valence-electron chi connectivity index (χ2n) is 4.95. The van der Waals surface area contributed by atoms with Crippen LogP contribution in [-0.2, 0) is 0 Å². The zero-order chi connectivity index (χ0) is 13.0. The fourth-order valence-corrected chi connectivity index (χ4v) is 2.52. The van der Waals surface area contributed by atoms with Crippen LogP contribution in [0.5, 0.6) is 0 Å². The van der Waals surface area contributed by atoms with Gasteiger partial charge < -0.3 is 16.2 Å². The summed E-state index contributed by atoms with van der Waals surface area (Å²) in [6.07, 6.45) is 3.84. The first kappa shape index (κ1) is 12.7. The molecule has 1 fully saturated rings. The Kier molecular flexibility index (Phi) is 4.06. The third-order valence-electron chi connectivity index (χ3n) is 3.56. The quantitative estimate of drug-likeness (QED) is 0.712. The van der Waals surface area contributed by atoms with Crippen LogP contribution in [0.15, 0.2) is 18.2 Å². The molecule has 1 aromatic rings. The molecule has 0 heterocycles. The number of nitrogen functional groups attached to an aromatic ring is 1. The van der Waals surface area contributed by atoms with Crippen LogP contribution in [0.4, 0.5) is 11.4 Å². The summed E-state index contributed by atoms with van der Waals surface area (Å²) in [7, 11) is 0. The first-order chi connectivity index (χ1) is 8.70. The van der Waals surface area contributed by atoms with Gasteiger partial charge in [0.05, 0.1) is 23.0 Å². The Hall–Kier alpha value is -1.73. The van der Waals surface area contributed by atoms with Crippen molar-refractivity contribution in [3.05, 3.63) is 23.8 Å². The number of nitrogens with two attached hydrogens (primary N) is 1. The van der Waals surface area contributed by atoms with Gasteiger partial charge in [0.2, 0.25) is 0 Å². The van der Waals surface area contributed by atoms with E-state index in [1.807, 2.05) is 12.1 Å². The summed E-state index contributed by atoms with van der Waals surface area (Å²) < 4.78 is 0. The third-order valence-corrected chi connectivity index (χ3v) is 3.56. The molecule has 1 aliphatic rings. The molecule has 0 amide bonds. The first-order valence-corrected chi connectivity index (χ1v) is 6.41. The highest BCUT2D eigenvalue weighted by Gasteiger charge is 2.20. The van der Waals surface area contributed by atoms with Crippen molar-refractivity contribution in [1.29, 1.82) is 5.26 Å². The minimum atomic E-state index is -0.159. The fraction of sp³-hybridized carbons (Fsp3) is 0.500. The lowest BCUT2D eigenvalue weighted by Gasteiger charge is -2.26. The van der Waals surface area contributed by atoms with E-state index in [4.69, 9.17) is 11.0 Å². The molecule has 1 aromatic carbocycles. The summed E-state index contributed by atoms with van der Waals surface area (Å²) in [5.41, 5.74) is 7.73. The number of nitrogens with zero attached hydrogens (tertiary/aromatic N) is 1. The lowest BCUT2D eigenvalue weighted by molar-refractivity contribution is 0.105. The predicted octanol–water partition coefficient (Wildman–Crippen LogP) is 2.10. The van der Waals surface area contributed by atoms with Crippen LogP contribution in [0.1, 0.15) is 31.2 Å². The molecule has 2 unspecified atom stereocenters. The van der Waals surface area contributed by atoms with Crippen LogP contribution in [0, 0.1) is 17.2 Å². The van der Waals surface area contributed by atoms with E-state index >= 15 is 0 Å². The van der Waals surface area contributed by atoms with Crippen molar-refractivity contribution >= 4 is 11.4 Å². The number of hydrogen-bond acceptors (Lipinski definition) is 4. The lowest BCUT2D eigenvalue weighted by Crippen LogP contribution is -2.25. The molecule has 0 aliphatic heterocycles. The smallest absolute Gasteiger partial charge is 0.101 e. The number of aliphatic hydroxyl groups excluding tert-OH is 1. The van der Waals surface area contributed by atoms with Gasteiger partial charge in [-0.25, -0.2) is 0 Å². The summed E-state index contributed by atoms with van der Waals surface area (Å²) in [5.74, 6) is 0.485. The van der Waals surface area contributed by atoms with Crippen molar-refractivity contribution < 1.29 is 5.11 Å². The van der Waals surface area contributed by atoms with E-state index in [2.05, 4.69) is 11.4 Å². The highest BCUT2D eigenvalue weighted by molar-refractivity contribution is 5.72. The van der Waals surface area contributed by atoms with E-state index in [-0.39, 0.29) is 6.10 Å². The Morgan fingerprint density at radius 3 is 3.00 bits per heavy atom. The van der Waals surface area contributed by atoms with E-state index in [1.165, 1.54) is 0 Å². The Morgan fingerprint density at radius 1 is 1.44 bits per heavy atom. The number of anilines is 2. The summed E-state index contributed by atoms with van der Waals surface area (Å²) in [6, 6.07) is 7.50. The third kappa shape index (κ3) is 2.93. The van der Waals surface area contributed by atoms with Gasteiger partial charge >= 0.3 is 0 Å². The van der Waals surface area contributed by atoms with Crippen LogP contribution in [0.2, 0.25) is 0 Å². The van der Waals surface area contributed by atoms with Crippen molar-refractivity contribution in [3.63, 3.8) is 0 Å². The molecule has 0 radical (unpaired) electrons. The van der Waals surface area contributed by atoms with Crippen LogP contribution in [0.3, 0.4) is 0 Å². The van der Waals surface area contributed by atoms with Crippen LogP contribution < -0.4 is 11.1 Å². The molecule has 1 aliphatic carbocycles. The van der Waals surface area contributed by atoms with Gasteiger partial charge in [0.1, 0.15) is 6.07 Å². The second-order valence-corrected chi connectivity index (χ2v) is 4.95. The minimum Gasteiger partial charge on any atom is -0.396 e. The van der Waals surface area contributed by atoms with Gasteiger partial charge in [-0.3, -0.25) is 0 Å². The number of para-hydroxylation sites is 1. The van der Waals surface area contributed by atoms with Crippen LogP contribution in [-0.4, -0.2) is 17.8 Å².